The molecule has 2 aromatic rings. The van der Waals surface area contributed by atoms with E-state index in [2.05, 4.69) is 6.07 Å². The standard InChI is InChI=1S/C18H17ClN2OS/c1-21(11-15-7-5-14(10-20)6-8-15)18(22)13-23-12-16-3-2-4-17(19)9-16/h2-9H,11-13H2,1H3. The number of nitriles is 1. The van der Waals surface area contributed by atoms with Gasteiger partial charge in [-0.3, -0.25) is 4.79 Å². The average molecular weight is 345 g/mol. The minimum Gasteiger partial charge on any atom is -0.341 e. The summed E-state index contributed by atoms with van der Waals surface area (Å²) in [5.41, 5.74) is 2.75. The Morgan fingerprint density at radius 1 is 1.22 bits per heavy atom. The van der Waals surface area contributed by atoms with Gasteiger partial charge in [0.1, 0.15) is 0 Å². The molecule has 0 atom stereocenters. The maximum atomic E-state index is 12.2. The molecule has 0 aromatic heterocycles. The van der Waals surface area contributed by atoms with E-state index >= 15 is 0 Å². The van der Waals surface area contributed by atoms with Gasteiger partial charge in [-0.05, 0) is 35.4 Å². The first-order valence-corrected chi connectivity index (χ1v) is 8.67. The zero-order chi connectivity index (χ0) is 16.7. The summed E-state index contributed by atoms with van der Waals surface area (Å²) in [5, 5.41) is 9.50. The molecular formula is C18H17ClN2OS. The van der Waals surface area contributed by atoms with E-state index in [4.69, 9.17) is 16.9 Å². The predicted octanol–water partition coefficient (Wildman–Crippen LogP) is 4.10. The van der Waals surface area contributed by atoms with Crippen molar-refractivity contribution in [1.29, 1.82) is 5.26 Å². The molecule has 5 heteroatoms. The molecule has 0 aliphatic rings. The SMILES string of the molecule is CN(Cc1ccc(C#N)cc1)C(=O)CSCc1cccc(Cl)c1. The summed E-state index contributed by atoms with van der Waals surface area (Å²) in [6, 6.07) is 17.0. The lowest BCUT2D eigenvalue weighted by molar-refractivity contribution is -0.127. The lowest BCUT2D eigenvalue weighted by Crippen LogP contribution is -2.27. The lowest BCUT2D eigenvalue weighted by Gasteiger charge is -2.17. The van der Waals surface area contributed by atoms with Crippen LogP contribution in [0.5, 0.6) is 0 Å². The minimum absolute atomic E-state index is 0.0846. The predicted molar refractivity (Wildman–Crippen MR) is 95.2 cm³/mol. The summed E-state index contributed by atoms with van der Waals surface area (Å²) in [5.74, 6) is 1.28. The fourth-order valence-corrected chi connectivity index (χ4v) is 3.17. The number of rotatable bonds is 6. The monoisotopic (exact) mass is 344 g/mol. The van der Waals surface area contributed by atoms with Crippen molar-refractivity contribution in [2.24, 2.45) is 0 Å². The Kier molecular flexibility index (Phi) is 6.52. The Morgan fingerprint density at radius 3 is 2.61 bits per heavy atom. The molecule has 0 fully saturated rings. The molecule has 3 nitrogen and oxygen atoms in total. The van der Waals surface area contributed by atoms with Gasteiger partial charge >= 0.3 is 0 Å². The van der Waals surface area contributed by atoms with Crippen molar-refractivity contribution < 1.29 is 4.79 Å². The normalized spacial score (nSPS) is 10.1. The molecule has 118 valence electrons. The Hall–Kier alpha value is -1.96. The second-order valence-electron chi connectivity index (χ2n) is 5.18. The molecule has 2 aromatic carbocycles. The van der Waals surface area contributed by atoms with Crippen LogP contribution < -0.4 is 0 Å². The molecule has 0 saturated carbocycles. The molecule has 0 spiro atoms. The number of carbonyl (C=O) groups is 1. The van der Waals surface area contributed by atoms with Gasteiger partial charge < -0.3 is 4.90 Å². The van der Waals surface area contributed by atoms with E-state index < -0.39 is 0 Å². The van der Waals surface area contributed by atoms with Crippen molar-refractivity contribution in [2.75, 3.05) is 12.8 Å². The van der Waals surface area contributed by atoms with E-state index in [9.17, 15) is 4.79 Å². The number of amides is 1. The minimum atomic E-state index is 0.0846. The Balaban J connectivity index is 1.79. The number of nitrogens with zero attached hydrogens (tertiary/aromatic N) is 2. The zero-order valence-corrected chi connectivity index (χ0v) is 14.4. The Labute approximate surface area is 145 Å². The Bertz CT molecular complexity index is 710. The van der Waals surface area contributed by atoms with Crippen molar-refractivity contribution in [2.45, 2.75) is 12.3 Å². The van der Waals surface area contributed by atoms with Gasteiger partial charge in [0, 0.05) is 24.4 Å². The van der Waals surface area contributed by atoms with E-state index in [0.717, 1.165) is 16.9 Å². The van der Waals surface area contributed by atoms with Crippen molar-refractivity contribution in [3.63, 3.8) is 0 Å². The number of benzene rings is 2. The number of thioether (sulfide) groups is 1. The van der Waals surface area contributed by atoms with Crippen LogP contribution in [0.15, 0.2) is 48.5 Å². The van der Waals surface area contributed by atoms with Gasteiger partial charge in [0.15, 0.2) is 0 Å². The molecule has 0 bridgehead atoms. The molecule has 0 unspecified atom stereocenters. The van der Waals surface area contributed by atoms with Crippen LogP contribution in [0, 0.1) is 11.3 Å². The first kappa shape index (κ1) is 17.4. The van der Waals surface area contributed by atoms with Crippen LogP contribution in [0.4, 0.5) is 0 Å². The topological polar surface area (TPSA) is 44.1 Å². The summed E-state index contributed by atoms with van der Waals surface area (Å²) in [7, 11) is 1.79. The van der Waals surface area contributed by atoms with E-state index in [0.29, 0.717) is 22.9 Å². The maximum Gasteiger partial charge on any atom is 0.232 e. The third-order valence-corrected chi connectivity index (χ3v) is 4.54. The van der Waals surface area contributed by atoms with Gasteiger partial charge in [0.05, 0.1) is 17.4 Å². The molecule has 23 heavy (non-hydrogen) atoms. The van der Waals surface area contributed by atoms with Crippen LogP contribution in [-0.2, 0) is 17.1 Å². The molecular weight excluding hydrogens is 328 g/mol. The first-order chi connectivity index (χ1) is 11.1. The third-order valence-electron chi connectivity index (χ3n) is 3.31. The Morgan fingerprint density at radius 2 is 1.96 bits per heavy atom. The molecule has 0 aliphatic carbocycles. The second-order valence-corrected chi connectivity index (χ2v) is 6.60. The number of hydrogen-bond acceptors (Lipinski definition) is 3. The molecule has 0 heterocycles. The highest BCUT2D eigenvalue weighted by molar-refractivity contribution is 7.99. The number of halogens is 1. The van der Waals surface area contributed by atoms with Gasteiger partial charge in [-0.2, -0.15) is 5.26 Å². The van der Waals surface area contributed by atoms with Gasteiger partial charge in [0.25, 0.3) is 0 Å². The largest absolute Gasteiger partial charge is 0.341 e. The second kappa shape index (κ2) is 8.61. The highest BCUT2D eigenvalue weighted by atomic mass is 35.5. The molecule has 2 rings (SSSR count). The molecule has 0 aliphatic heterocycles. The maximum absolute atomic E-state index is 12.2. The van der Waals surface area contributed by atoms with Gasteiger partial charge in [0.2, 0.25) is 5.91 Å². The zero-order valence-electron chi connectivity index (χ0n) is 12.8. The molecule has 0 radical (unpaired) electrons. The van der Waals surface area contributed by atoms with Crippen LogP contribution in [0.25, 0.3) is 0 Å². The van der Waals surface area contributed by atoms with E-state index in [1.54, 1.807) is 35.8 Å². The summed E-state index contributed by atoms with van der Waals surface area (Å²) in [6.07, 6.45) is 0. The van der Waals surface area contributed by atoms with Gasteiger partial charge in [-0.25, -0.2) is 0 Å². The highest BCUT2D eigenvalue weighted by Gasteiger charge is 2.09. The van der Waals surface area contributed by atoms with Crippen LogP contribution in [-0.4, -0.2) is 23.6 Å². The smallest absolute Gasteiger partial charge is 0.232 e. The number of hydrogen-bond donors (Lipinski definition) is 0. The molecule has 0 saturated heterocycles. The van der Waals surface area contributed by atoms with E-state index in [1.807, 2.05) is 36.4 Å². The van der Waals surface area contributed by atoms with Crippen LogP contribution in [0.3, 0.4) is 0 Å². The lowest BCUT2D eigenvalue weighted by atomic mass is 10.1. The van der Waals surface area contributed by atoms with Gasteiger partial charge in [-0.15, -0.1) is 11.8 Å². The van der Waals surface area contributed by atoms with Crippen LogP contribution in [0.1, 0.15) is 16.7 Å². The fourth-order valence-electron chi connectivity index (χ4n) is 2.04. The number of carbonyl (C=O) groups excluding carboxylic acids is 1. The van der Waals surface area contributed by atoms with Crippen molar-refractivity contribution in [3.8, 4) is 6.07 Å². The third kappa shape index (κ3) is 5.63. The van der Waals surface area contributed by atoms with Crippen molar-refractivity contribution in [1.82, 2.24) is 4.90 Å². The average Bonchev–Trinajstić information content (AvgIpc) is 2.55. The van der Waals surface area contributed by atoms with Crippen molar-refractivity contribution >= 4 is 29.3 Å². The van der Waals surface area contributed by atoms with Crippen molar-refractivity contribution in [3.05, 3.63) is 70.2 Å². The fraction of sp³-hybridized carbons (Fsp3) is 0.222. The highest BCUT2D eigenvalue weighted by Crippen LogP contribution is 2.17. The summed E-state index contributed by atoms with van der Waals surface area (Å²) in [4.78, 5) is 13.9. The van der Waals surface area contributed by atoms with E-state index in [-0.39, 0.29) is 5.91 Å². The van der Waals surface area contributed by atoms with E-state index in [1.165, 1.54) is 0 Å². The summed E-state index contributed by atoms with van der Waals surface area (Å²) in [6.45, 7) is 0.544. The molecule has 0 N–H and O–H groups in total. The summed E-state index contributed by atoms with van der Waals surface area (Å²) >= 11 is 7.52. The first-order valence-electron chi connectivity index (χ1n) is 7.13. The van der Waals surface area contributed by atoms with Crippen LogP contribution >= 0.6 is 23.4 Å². The quantitative estimate of drug-likeness (QED) is 0.792. The van der Waals surface area contributed by atoms with Crippen LogP contribution in [0.2, 0.25) is 5.02 Å². The summed E-state index contributed by atoms with van der Waals surface area (Å²) < 4.78 is 0. The molecule has 1 amide bonds. The van der Waals surface area contributed by atoms with Gasteiger partial charge in [-0.1, -0.05) is 35.9 Å².